The Morgan fingerprint density at radius 1 is 1.26 bits per heavy atom. The second-order valence-electron chi connectivity index (χ2n) is 5.05. The van der Waals surface area contributed by atoms with Gasteiger partial charge in [0.15, 0.2) is 0 Å². The van der Waals surface area contributed by atoms with Gasteiger partial charge in [0.25, 0.3) is 0 Å². The fourth-order valence-corrected chi connectivity index (χ4v) is 2.64. The SMILES string of the molecule is O=C(CCO)N1CCC(C(O)c2ccccc2)CC1. The Labute approximate surface area is 113 Å². The van der Waals surface area contributed by atoms with E-state index < -0.39 is 6.10 Å². The molecule has 2 rings (SSSR count). The number of aliphatic hydroxyl groups excluding tert-OH is 2. The van der Waals surface area contributed by atoms with Crippen molar-refractivity contribution < 1.29 is 15.0 Å². The lowest BCUT2D eigenvalue weighted by atomic mass is 9.87. The van der Waals surface area contributed by atoms with Gasteiger partial charge in [-0.2, -0.15) is 0 Å². The van der Waals surface area contributed by atoms with Crippen molar-refractivity contribution in [2.75, 3.05) is 19.7 Å². The minimum atomic E-state index is -0.448. The molecule has 4 nitrogen and oxygen atoms in total. The first-order chi connectivity index (χ1) is 9.22. The van der Waals surface area contributed by atoms with Crippen molar-refractivity contribution in [3.05, 3.63) is 35.9 Å². The molecule has 1 fully saturated rings. The number of aliphatic hydroxyl groups is 2. The minimum absolute atomic E-state index is 0.00940. The van der Waals surface area contributed by atoms with Gasteiger partial charge in [0.2, 0.25) is 5.91 Å². The van der Waals surface area contributed by atoms with E-state index in [4.69, 9.17) is 5.11 Å². The van der Waals surface area contributed by atoms with Crippen molar-refractivity contribution in [2.24, 2.45) is 5.92 Å². The Morgan fingerprint density at radius 3 is 2.47 bits per heavy atom. The first-order valence-corrected chi connectivity index (χ1v) is 6.84. The molecule has 1 heterocycles. The maximum absolute atomic E-state index is 11.6. The van der Waals surface area contributed by atoms with Crippen LogP contribution >= 0.6 is 0 Å². The number of amides is 1. The molecular formula is C15H21NO3. The lowest BCUT2D eigenvalue weighted by molar-refractivity contribution is -0.133. The molecule has 19 heavy (non-hydrogen) atoms. The number of hydrogen-bond donors (Lipinski definition) is 2. The predicted octanol–water partition coefficient (Wildman–Crippen LogP) is 1.34. The summed E-state index contributed by atoms with van der Waals surface area (Å²) in [7, 11) is 0. The lowest BCUT2D eigenvalue weighted by Gasteiger charge is -2.34. The highest BCUT2D eigenvalue weighted by atomic mass is 16.3. The monoisotopic (exact) mass is 263 g/mol. The number of carbonyl (C=O) groups excluding carboxylic acids is 1. The molecule has 1 amide bonds. The molecule has 1 aliphatic rings. The zero-order valence-electron chi connectivity index (χ0n) is 11.0. The van der Waals surface area contributed by atoms with Crippen LogP contribution in [0.3, 0.4) is 0 Å². The largest absolute Gasteiger partial charge is 0.396 e. The number of carbonyl (C=O) groups is 1. The van der Waals surface area contributed by atoms with Crippen LogP contribution in [-0.2, 0) is 4.79 Å². The first kappa shape index (κ1) is 14.0. The van der Waals surface area contributed by atoms with Crippen LogP contribution in [0, 0.1) is 5.92 Å². The summed E-state index contributed by atoms with van der Waals surface area (Å²) in [6.45, 7) is 1.26. The highest BCUT2D eigenvalue weighted by Crippen LogP contribution is 2.30. The number of rotatable bonds is 4. The van der Waals surface area contributed by atoms with E-state index >= 15 is 0 Å². The van der Waals surface area contributed by atoms with Gasteiger partial charge in [0.05, 0.1) is 12.7 Å². The van der Waals surface area contributed by atoms with Crippen molar-refractivity contribution in [1.82, 2.24) is 4.90 Å². The molecule has 1 unspecified atom stereocenters. The third kappa shape index (κ3) is 3.55. The summed E-state index contributed by atoms with van der Waals surface area (Å²) in [6, 6.07) is 9.67. The van der Waals surface area contributed by atoms with E-state index in [9.17, 15) is 9.90 Å². The molecule has 0 spiro atoms. The molecule has 0 radical (unpaired) electrons. The molecule has 104 valence electrons. The highest BCUT2D eigenvalue weighted by Gasteiger charge is 2.27. The fourth-order valence-electron chi connectivity index (χ4n) is 2.64. The third-order valence-corrected chi connectivity index (χ3v) is 3.81. The maximum atomic E-state index is 11.6. The average molecular weight is 263 g/mol. The summed E-state index contributed by atoms with van der Waals surface area (Å²) in [5, 5.41) is 19.1. The molecule has 1 aliphatic heterocycles. The normalized spacial score (nSPS) is 18.3. The molecule has 4 heteroatoms. The van der Waals surface area contributed by atoms with E-state index in [1.807, 2.05) is 30.3 Å². The highest BCUT2D eigenvalue weighted by molar-refractivity contribution is 5.76. The molecule has 1 atom stereocenters. The number of benzene rings is 1. The zero-order chi connectivity index (χ0) is 13.7. The van der Waals surface area contributed by atoms with Gasteiger partial charge in [-0.3, -0.25) is 4.79 Å². The van der Waals surface area contributed by atoms with Crippen LogP contribution in [-0.4, -0.2) is 40.7 Å². The number of nitrogens with zero attached hydrogens (tertiary/aromatic N) is 1. The van der Waals surface area contributed by atoms with Crippen LogP contribution in [0.4, 0.5) is 0 Å². The first-order valence-electron chi connectivity index (χ1n) is 6.84. The summed E-state index contributed by atoms with van der Waals surface area (Å²) in [4.78, 5) is 13.4. The summed E-state index contributed by atoms with van der Waals surface area (Å²) >= 11 is 0. The van der Waals surface area contributed by atoms with E-state index in [2.05, 4.69) is 0 Å². The minimum Gasteiger partial charge on any atom is -0.396 e. The maximum Gasteiger partial charge on any atom is 0.224 e. The van der Waals surface area contributed by atoms with Crippen LogP contribution in [0.5, 0.6) is 0 Å². The second-order valence-corrected chi connectivity index (χ2v) is 5.05. The lowest BCUT2D eigenvalue weighted by Crippen LogP contribution is -2.40. The average Bonchev–Trinajstić information content (AvgIpc) is 2.48. The van der Waals surface area contributed by atoms with Crippen molar-refractivity contribution in [3.63, 3.8) is 0 Å². The third-order valence-electron chi connectivity index (χ3n) is 3.81. The summed E-state index contributed by atoms with van der Waals surface area (Å²) in [5.41, 5.74) is 0.947. The number of piperidine rings is 1. The van der Waals surface area contributed by atoms with E-state index in [1.54, 1.807) is 4.90 Å². The van der Waals surface area contributed by atoms with Crippen molar-refractivity contribution >= 4 is 5.91 Å². The molecule has 1 aromatic carbocycles. The van der Waals surface area contributed by atoms with Gasteiger partial charge >= 0.3 is 0 Å². The van der Waals surface area contributed by atoms with Gasteiger partial charge in [-0.1, -0.05) is 30.3 Å². The Kier molecular flexibility index (Phi) is 4.93. The molecule has 2 N–H and O–H groups in total. The van der Waals surface area contributed by atoms with E-state index in [0.29, 0.717) is 13.1 Å². The Hall–Kier alpha value is -1.39. The summed E-state index contributed by atoms with van der Waals surface area (Å²) in [6.07, 6.45) is 1.38. The van der Waals surface area contributed by atoms with Crippen molar-refractivity contribution in [2.45, 2.75) is 25.4 Å². The Morgan fingerprint density at radius 2 is 1.89 bits per heavy atom. The van der Waals surface area contributed by atoms with Crippen LogP contribution in [0.25, 0.3) is 0 Å². The van der Waals surface area contributed by atoms with Crippen LogP contribution in [0.15, 0.2) is 30.3 Å². The molecule has 0 saturated carbocycles. The van der Waals surface area contributed by atoms with Gasteiger partial charge in [-0.25, -0.2) is 0 Å². The smallest absolute Gasteiger partial charge is 0.224 e. The Bertz CT molecular complexity index is 399. The van der Waals surface area contributed by atoms with Gasteiger partial charge in [-0.15, -0.1) is 0 Å². The van der Waals surface area contributed by atoms with Crippen molar-refractivity contribution in [3.8, 4) is 0 Å². The zero-order valence-corrected chi connectivity index (χ0v) is 11.0. The molecule has 0 aliphatic carbocycles. The molecule has 1 aromatic rings. The van der Waals surface area contributed by atoms with Crippen LogP contribution in [0.1, 0.15) is 30.9 Å². The number of likely N-dealkylation sites (tertiary alicyclic amines) is 1. The van der Waals surface area contributed by atoms with Gasteiger partial charge < -0.3 is 15.1 Å². The van der Waals surface area contributed by atoms with E-state index in [0.717, 1.165) is 18.4 Å². The topological polar surface area (TPSA) is 60.8 Å². The molecule has 1 saturated heterocycles. The second kappa shape index (κ2) is 6.68. The Balaban J connectivity index is 1.88. The molecular weight excluding hydrogens is 242 g/mol. The van der Waals surface area contributed by atoms with Gasteiger partial charge in [0, 0.05) is 19.5 Å². The summed E-state index contributed by atoms with van der Waals surface area (Å²) < 4.78 is 0. The quantitative estimate of drug-likeness (QED) is 0.862. The molecule has 0 bridgehead atoms. The summed E-state index contributed by atoms with van der Waals surface area (Å²) in [5.74, 6) is 0.218. The van der Waals surface area contributed by atoms with Crippen LogP contribution in [0.2, 0.25) is 0 Å². The number of hydrogen-bond acceptors (Lipinski definition) is 3. The standard InChI is InChI=1S/C15H21NO3/c17-11-8-14(18)16-9-6-13(7-10-16)15(19)12-4-2-1-3-5-12/h1-5,13,15,17,19H,6-11H2. The molecule has 0 aromatic heterocycles. The van der Waals surface area contributed by atoms with E-state index in [-0.39, 0.29) is 24.9 Å². The fraction of sp³-hybridized carbons (Fsp3) is 0.533. The van der Waals surface area contributed by atoms with E-state index in [1.165, 1.54) is 0 Å². The predicted molar refractivity (Wildman–Crippen MR) is 72.4 cm³/mol. The van der Waals surface area contributed by atoms with Gasteiger partial charge in [0.1, 0.15) is 0 Å². The van der Waals surface area contributed by atoms with Gasteiger partial charge in [-0.05, 0) is 24.3 Å². The van der Waals surface area contributed by atoms with Crippen LogP contribution < -0.4 is 0 Å². The van der Waals surface area contributed by atoms with Crippen molar-refractivity contribution in [1.29, 1.82) is 0 Å².